The molecule has 0 spiro atoms. The second-order valence-corrected chi connectivity index (χ2v) is 4.50. The highest BCUT2D eigenvalue weighted by atomic mass is 16.5. The maximum absolute atomic E-state index is 7.44. The molecule has 0 aromatic carbocycles. The Hall–Kier alpha value is -1.62. The number of hydrogen-bond donors (Lipinski definition) is 2. The number of pyridine rings is 1. The summed E-state index contributed by atoms with van der Waals surface area (Å²) in [6, 6.07) is 5.62. The molecule has 1 aliphatic rings. The van der Waals surface area contributed by atoms with E-state index < -0.39 is 0 Å². The predicted molar refractivity (Wildman–Crippen MR) is 72.1 cm³/mol. The van der Waals surface area contributed by atoms with Gasteiger partial charge in [-0.2, -0.15) is 0 Å². The van der Waals surface area contributed by atoms with Crippen molar-refractivity contribution in [3.05, 3.63) is 23.9 Å². The molecule has 1 aromatic heterocycles. The normalized spacial score (nSPS) is 20.5. The second kappa shape index (κ2) is 5.82. The molecule has 1 saturated heterocycles. The summed E-state index contributed by atoms with van der Waals surface area (Å²) in [6.07, 6.45) is 2.26. The lowest BCUT2D eigenvalue weighted by atomic mass is 10.2. The zero-order chi connectivity index (χ0) is 13.0. The van der Waals surface area contributed by atoms with Gasteiger partial charge in [-0.1, -0.05) is 13.0 Å². The van der Waals surface area contributed by atoms with Crippen LogP contribution >= 0.6 is 0 Å². The van der Waals surface area contributed by atoms with Crippen molar-refractivity contribution in [2.24, 2.45) is 5.73 Å². The van der Waals surface area contributed by atoms with Crippen molar-refractivity contribution >= 4 is 11.7 Å². The summed E-state index contributed by atoms with van der Waals surface area (Å²) in [7, 11) is 0. The smallest absolute Gasteiger partial charge is 0.141 e. The highest BCUT2D eigenvalue weighted by molar-refractivity contribution is 5.93. The average molecular weight is 248 g/mol. The Balaban J connectivity index is 2.18. The zero-order valence-corrected chi connectivity index (χ0v) is 10.7. The van der Waals surface area contributed by atoms with Crippen LogP contribution in [0.15, 0.2) is 18.2 Å². The van der Waals surface area contributed by atoms with Gasteiger partial charge in [0.05, 0.1) is 6.10 Å². The third-order valence-electron chi connectivity index (χ3n) is 3.14. The van der Waals surface area contributed by atoms with Crippen molar-refractivity contribution in [2.75, 3.05) is 24.6 Å². The minimum atomic E-state index is 0.00923. The van der Waals surface area contributed by atoms with Gasteiger partial charge in [-0.05, 0) is 25.0 Å². The van der Waals surface area contributed by atoms with Gasteiger partial charge in [0.2, 0.25) is 0 Å². The SMILES string of the molecule is CCC1CN(c2cccc(C(=N)N)n2)CCCO1. The van der Waals surface area contributed by atoms with Crippen LogP contribution in [0.25, 0.3) is 0 Å². The first-order valence-corrected chi connectivity index (χ1v) is 6.38. The molecule has 0 radical (unpaired) electrons. The topological polar surface area (TPSA) is 75.2 Å². The Labute approximate surface area is 107 Å². The van der Waals surface area contributed by atoms with Crippen LogP contribution in [0.2, 0.25) is 0 Å². The van der Waals surface area contributed by atoms with Gasteiger partial charge < -0.3 is 15.4 Å². The molecule has 0 aliphatic carbocycles. The zero-order valence-electron chi connectivity index (χ0n) is 10.7. The molecule has 5 heteroatoms. The highest BCUT2D eigenvalue weighted by Crippen LogP contribution is 2.17. The molecule has 1 atom stereocenters. The molecule has 0 bridgehead atoms. The maximum Gasteiger partial charge on any atom is 0.141 e. The van der Waals surface area contributed by atoms with E-state index >= 15 is 0 Å². The third kappa shape index (κ3) is 2.98. The number of ether oxygens (including phenoxy) is 1. The van der Waals surface area contributed by atoms with Crippen LogP contribution in [-0.2, 0) is 4.74 Å². The van der Waals surface area contributed by atoms with Gasteiger partial charge in [-0.25, -0.2) is 4.98 Å². The number of nitrogens with two attached hydrogens (primary N) is 1. The molecule has 98 valence electrons. The van der Waals surface area contributed by atoms with Crippen molar-refractivity contribution in [2.45, 2.75) is 25.9 Å². The van der Waals surface area contributed by atoms with Crippen molar-refractivity contribution in [3.63, 3.8) is 0 Å². The Kier molecular flexibility index (Phi) is 4.15. The predicted octanol–water partition coefficient (Wildman–Crippen LogP) is 1.37. The van der Waals surface area contributed by atoms with Gasteiger partial charge >= 0.3 is 0 Å². The van der Waals surface area contributed by atoms with E-state index in [9.17, 15) is 0 Å². The minimum absolute atomic E-state index is 0.00923. The summed E-state index contributed by atoms with van der Waals surface area (Å²) in [4.78, 5) is 6.64. The summed E-state index contributed by atoms with van der Waals surface area (Å²) >= 11 is 0. The number of anilines is 1. The Morgan fingerprint density at radius 2 is 2.44 bits per heavy atom. The Bertz CT molecular complexity index is 421. The number of nitrogens with one attached hydrogen (secondary N) is 1. The second-order valence-electron chi connectivity index (χ2n) is 4.50. The molecule has 1 unspecified atom stereocenters. The molecule has 2 rings (SSSR count). The molecular formula is C13H20N4O. The van der Waals surface area contributed by atoms with Crippen LogP contribution in [0, 0.1) is 5.41 Å². The molecular weight excluding hydrogens is 228 g/mol. The molecule has 1 aliphatic heterocycles. The Morgan fingerprint density at radius 3 is 3.17 bits per heavy atom. The fourth-order valence-electron chi connectivity index (χ4n) is 2.10. The van der Waals surface area contributed by atoms with Gasteiger partial charge in [0.1, 0.15) is 17.3 Å². The van der Waals surface area contributed by atoms with Gasteiger partial charge in [0, 0.05) is 19.7 Å². The van der Waals surface area contributed by atoms with Crippen LogP contribution in [-0.4, -0.2) is 36.6 Å². The molecule has 0 saturated carbocycles. The number of aromatic nitrogens is 1. The minimum Gasteiger partial charge on any atom is -0.382 e. The van der Waals surface area contributed by atoms with E-state index in [2.05, 4.69) is 16.8 Å². The summed E-state index contributed by atoms with van der Waals surface area (Å²) in [5.41, 5.74) is 6.01. The number of hydrogen-bond acceptors (Lipinski definition) is 4. The van der Waals surface area contributed by atoms with E-state index in [0.29, 0.717) is 5.69 Å². The first-order valence-electron chi connectivity index (χ1n) is 6.38. The van der Waals surface area contributed by atoms with E-state index in [1.807, 2.05) is 12.1 Å². The first-order chi connectivity index (χ1) is 8.70. The van der Waals surface area contributed by atoms with Crippen LogP contribution in [0.1, 0.15) is 25.5 Å². The molecule has 2 heterocycles. The molecule has 5 nitrogen and oxygen atoms in total. The monoisotopic (exact) mass is 248 g/mol. The van der Waals surface area contributed by atoms with E-state index in [4.69, 9.17) is 15.9 Å². The lowest BCUT2D eigenvalue weighted by Crippen LogP contribution is -2.32. The van der Waals surface area contributed by atoms with Gasteiger partial charge in [0.15, 0.2) is 0 Å². The number of rotatable bonds is 3. The van der Waals surface area contributed by atoms with Crippen molar-refractivity contribution in [1.82, 2.24) is 4.98 Å². The number of nitrogens with zero attached hydrogens (tertiary/aromatic N) is 2. The van der Waals surface area contributed by atoms with E-state index in [1.54, 1.807) is 6.07 Å². The van der Waals surface area contributed by atoms with E-state index in [0.717, 1.165) is 38.4 Å². The fraction of sp³-hybridized carbons (Fsp3) is 0.538. The quantitative estimate of drug-likeness (QED) is 0.626. The summed E-state index contributed by atoms with van der Waals surface area (Å²) in [5, 5.41) is 7.44. The van der Waals surface area contributed by atoms with Gasteiger partial charge in [0.25, 0.3) is 0 Å². The van der Waals surface area contributed by atoms with Gasteiger partial charge in [-0.15, -0.1) is 0 Å². The maximum atomic E-state index is 7.44. The first kappa shape index (κ1) is 12.8. The van der Waals surface area contributed by atoms with Crippen LogP contribution in [0.3, 0.4) is 0 Å². The summed E-state index contributed by atoms with van der Waals surface area (Å²) in [6.45, 7) is 4.73. The summed E-state index contributed by atoms with van der Waals surface area (Å²) in [5.74, 6) is 0.890. The van der Waals surface area contributed by atoms with E-state index in [1.165, 1.54) is 0 Å². The van der Waals surface area contributed by atoms with E-state index in [-0.39, 0.29) is 11.9 Å². The lowest BCUT2D eigenvalue weighted by molar-refractivity contribution is 0.0664. The highest BCUT2D eigenvalue weighted by Gasteiger charge is 2.18. The van der Waals surface area contributed by atoms with Crippen molar-refractivity contribution in [1.29, 1.82) is 5.41 Å². The molecule has 1 aromatic rings. The van der Waals surface area contributed by atoms with Gasteiger partial charge in [-0.3, -0.25) is 5.41 Å². The molecule has 1 fully saturated rings. The molecule has 0 amide bonds. The lowest BCUT2D eigenvalue weighted by Gasteiger charge is -2.24. The van der Waals surface area contributed by atoms with Crippen molar-refractivity contribution in [3.8, 4) is 0 Å². The average Bonchev–Trinajstić information content (AvgIpc) is 2.64. The van der Waals surface area contributed by atoms with Crippen LogP contribution in [0.4, 0.5) is 5.82 Å². The van der Waals surface area contributed by atoms with Crippen LogP contribution < -0.4 is 10.6 Å². The third-order valence-corrected chi connectivity index (χ3v) is 3.14. The standard InChI is InChI=1S/C13H20N4O/c1-2-10-9-17(7-4-8-18-10)12-6-3-5-11(16-12)13(14)15/h3,5-6,10H,2,4,7-9H2,1H3,(H3,14,15). The largest absolute Gasteiger partial charge is 0.382 e. The number of amidine groups is 1. The molecule has 3 N–H and O–H groups in total. The fourth-order valence-corrected chi connectivity index (χ4v) is 2.10. The van der Waals surface area contributed by atoms with Crippen LogP contribution in [0.5, 0.6) is 0 Å². The van der Waals surface area contributed by atoms with Crippen molar-refractivity contribution < 1.29 is 4.74 Å². The molecule has 18 heavy (non-hydrogen) atoms. The summed E-state index contributed by atoms with van der Waals surface area (Å²) < 4.78 is 5.75. The number of nitrogen functional groups attached to an aromatic ring is 1. The Morgan fingerprint density at radius 1 is 1.61 bits per heavy atom.